The number of likely N-dealkylation sites (N-methyl/N-ethyl adjacent to an activating group) is 1. The molecule has 0 unspecified atom stereocenters. The van der Waals surface area contributed by atoms with Crippen LogP contribution in [0.5, 0.6) is 0 Å². The fraction of sp³-hybridized carbons (Fsp3) is 0.316. The molecule has 5 rings (SSSR count). The van der Waals surface area contributed by atoms with Crippen LogP contribution >= 0.6 is 34.9 Å². The molecule has 8 heteroatoms. The SMILES string of the molecule is CSc1nc2sc3c(c2c2nnc(SCc4ccccc4)n12)CCN(C)C3. The zero-order chi connectivity index (χ0) is 18.4. The van der Waals surface area contributed by atoms with Crippen molar-refractivity contribution in [3.05, 3.63) is 46.3 Å². The van der Waals surface area contributed by atoms with Crippen molar-refractivity contribution in [1.29, 1.82) is 0 Å². The average Bonchev–Trinajstić information content (AvgIpc) is 3.26. The molecule has 4 aromatic rings. The lowest BCUT2D eigenvalue weighted by atomic mass is 10.1. The van der Waals surface area contributed by atoms with E-state index in [4.69, 9.17) is 4.98 Å². The van der Waals surface area contributed by atoms with E-state index in [1.165, 1.54) is 21.4 Å². The lowest BCUT2D eigenvalue weighted by molar-refractivity contribution is 0.318. The van der Waals surface area contributed by atoms with E-state index in [9.17, 15) is 0 Å². The van der Waals surface area contributed by atoms with Gasteiger partial charge in [-0.05, 0) is 30.9 Å². The van der Waals surface area contributed by atoms with Gasteiger partial charge in [0.05, 0.1) is 5.39 Å². The second kappa shape index (κ2) is 7.09. The molecule has 0 atom stereocenters. The van der Waals surface area contributed by atoms with Crippen molar-refractivity contribution < 1.29 is 0 Å². The van der Waals surface area contributed by atoms with Gasteiger partial charge in [0.25, 0.3) is 0 Å². The number of rotatable bonds is 4. The highest BCUT2D eigenvalue weighted by atomic mass is 32.2. The molecule has 0 saturated heterocycles. The smallest absolute Gasteiger partial charge is 0.198 e. The predicted molar refractivity (Wildman–Crippen MR) is 114 cm³/mol. The Morgan fingerprint density at radius 1 is 1.15 bits per heavy atom. The van der Waals surface area contributed by atoms with Crippen molar-refractivity contribution in [3.63, 3.8) is 0 Å². The van der Waals surface area contributed by atoms with Crippen LogP contribution < -0.4 is 0 Å². The molecule has 0 saturated carbocycles. The predicted octanol–water partition coefficient (Wildman–Crippen LogP) is 4.34. The second-order valence-corrected chi connectivity index (χ2v) is 9.49. The fourth-order valence-electron chi connectivity index (χ4n) is 3.52. The summed E-state index contributed by atoms with van der Waals surface area (Å²) in [5, 5.41) is 12.2. The Morgan fingerprint density at radius 2 is 2.00 bits per heavy atom. The Morgan fingerprint density at radius 3 is 2.81 bits per heavy atom. The average molecular weight is 414 g/mol. The molecule has 1 aromatic carbocycles. The van der Waals surface area contributed by atoms with Crippen LogP contribution in [0.15, 0.2) is 40.6 Å². The zero-order valence-electron chi connectivity index (χ0n) is 15.2. The number of benzene rings is 1. The summed E-state index contributed by atoms with van der Waals surface area (Å²) < 4.78 is 2.14. The molecule has 138 valence electrons. The number of thiophene rings is 1. The third-order valence-electron chi connectivity index (χ3n) is 4.87. The lowest BCUT2D eigenvalue weighted by Gasteiger charge is -2.21. The van der Waals surface area contributed by atoms with Gasteiger partial charge in [-0.25, -0.2) is 9.38 Å². The first-order valence-corrected chi connectivity index (χ1v) is 11.9. The van der Waals surface area contributed by atoms with E-state index in [0.717, 1.165) is 46.1 Å². The van der Waals surface area contributed by atoms with Crippen LogP contribution in [-0.2, 0) is 18.7 Å². The van der Waals surface area contributed by atoms with Gasteiger partial charge in [-0.2, -0.15) is 0 Å². The van der Waals surface area contributed by atoms with Crippen molar-refractivity contribution >= 4 is 50.7 Å². The molecule has 4 heterocycles. The molecule has 0 N–H and O–H groups in total. The van der Waals surface area contributed by atoms with E-state index in [1.807, 2.05) is 17.4 Å². The van der Waals surface area contributed by atoms with Gasteiger partial charge in [-0.1, -0.05) is 53.9 Å². The normalized spacial score (nSPS) is 14.9. The van der Waals surface area contributed by atoms with Gasteiger partial charge in [-0.3, -0.25) is 0 Å². The van der Waals surface area contributed by atoms with Crippen molar-refractivity contribution in [2.45, 2.75) is 29.0 Å². The highest BCUT2D eigenvalue weighted by Crippen LogP contribution is 2.38. The Balaban J connectivity index is 1.63. The lowest BCUT2D eigenvalue weighted by Crippen LogP contribution is -2.25. The van der Waals surface area contributed by atoms with Gasteiger partial charge in [0.15, 0.2) is 16.0 Å². The minimum Gasteiger partial charge on any atom is -0.301 e. The van der Waals surface area contributed by atoms with Crippen LogP contribution in [0.4, 0.5) is 0 Å². The maximum absolute atomic E-state index is 4.97. The summed E-state index contributed by atoms with van der Waals surface area (Å²) in [6.07, 6.45) is 3.13. The molecule has 1 aliphatic heterocycles. The van der Waals surface area contributed by atoms with Crippen LogP contribution in [0.1, 0.15) is 16.0 Å². The van der Waals surface area contributed by atoms with Gasteiger partial charge < -0.3 is 4.90 Å². The van der Waals surface area contributed by atoms with E-state index in [-0.39, 0.29) is 0 Å². The number of thioether (sulfide) groups is 2. The molecule has 0 radical (unpaired) electrons. The molecule has 27 heavy (non-hydrogen) atoms. The molecule has 0 bridgehead atoms. The fourth-order valence-corrected chi connectivity index (χ4v) is 6.36. The molecule has 0 fully saturated rings. The van der Waals surface area contributed by atoms with Gasteiger partial charge in [0, 0.05) is 23.7 Å². The van der Waals surface area contributed by atoms with E-state index >= 15 is 0 Å². The summed E-state index contributed by atoms with van der Waals surface area (Å²) in [7, 11) is 2.18. The standard InChI is InChI=1S/C19H19N5S3/c1-23-9-8-13-14(10-23)27-17-15(13)16-21-22-19(24(16)18(20-17)25-2)26-11-12-6-4-3-5-7-12/h3-7H,8-11H2,1-2H3. The van der Waals surface area contributed by atoms with E-state index in [0.29, 0.717) is 0 Å². The zero-order valence-corrected chi connectivity index (χ0v) is 17.6. The second-order valence-electron chi connectivity index (χ2n) is 6.69. The number of nitrogens with zero attached hydrogens (tertiary/aromatic N) is 5. The Labute approximate surface area is 170 Å². The van der Waals surface area contributed by atoms with Crippen molar-refractivity contribution in [3.8, 4) is 0 Å². The summed E-state index contributed by atoms with van der Waals surface area (Å²) in [4.78, 5) is 9.86. The maximum Gasteiger partial charge on any atom is 0.198 e. The number of hydrogen-bond donors (Lipinski definition) is 0. The van der Waals surface area contributed by atoms with Crippen molar-refractivity contribution in [1.82, 2.24) is 24.5 Å². The highest BCUT2D eigenvalue weighted by Gasteiger charge is 2.24. The number of fused-ring (bicyclic) bond motifs is 5. The molecule has 0 spiro atoms. The first-order chi connectivity index (χ1) is 13.2. The van der Waals surface area contributed by atoms with Gasteiger partial charge >= 0.3 is 0 Å². The molecule has 1 aliphatic rings. The van der Waals surface area contributed by atoms with Crippen LogP contribution in [0.3, 0.4) is 0 Å². The van der Waals surface area contributed by atoms with E-state index < -0.39 is 0 Å². The van der Waals surface area contributed by atoms with E-state index in [2.05, 4.69) is 57.1 Å². The molecule has 3 aromatic heterocycles. The molecular formula is C19H19N5S3. The Bertz CT molecular complexity index is 1120. The van der Waals surface area contributed by atoms with Crippen LogP contribution in [0, 0.1) is 0 Å². The van der Waals surface area contributed by atoms with Crippen LogP contribution in [0.2, 0.25) is 0 Å². The maximum atomic E-state index is 4.97. The van der Waals surface area contributed by atoms with Gasteiger partial charge in [0.1, 0.15) is 4.83 Å². The minimum absolute atomic E-state index is 0.875. The van der Waals surface area contributed by atoms with Gasteiger partial charge in [-0.15, -0.1) is 21.5 Å². The summed E-state index contributed by atoms with van der Waals surface area (Å²) in [5.41, 5.74) is 3.67. The third kappa shape index (κ3) is 3.04. The molecule has 5 nitrogen and oxygen atoms in total. The highest BCUT2D eigenvalue weighted by molar-refractivity contribution is 7.99. The largest absolute Gasteiger partial charge is 0.301 e. The minimum atomic E-state index is 0.875. The molecule has 0 aliphatic carbocycles. The van der Waals surface area contributed by atoms with Gasteiger partial charge in [0.2, 0.25) is 0 Å². The van der Waals surface area contributed by atoms with Crippen molar-refractivity contribution in [2.75, 3.05) is 19.8 Å². The topological polar surface area (TPSA) is 46.3 Å². The molecular weight excluding hydrogens is 394 g/mol. The van der Waals surface area contributed by atoms with Crippen LogP contribution in [-0.4, -0.2) is 44.3 Å². The summed E-state index contributed by atoms with van der Waals surface area (Å²) in [6, 6.07) is 10.5. The Kier molecular flexibility index (Phi) is 4.59. The number of aromatic nitrogens is 4. The van der Waals surface area contributed by atoms with Crippen LogP contribution in [0.25, 0.3) is 15.9 Å². The first-order valence-electron chi connectivity index (χ1n) is 8.83. The van der Waals surface area contributed by atoms with Crippen molar-refractivity contribution in [2.24, 2.45) is 0 Å². The first kappa shape index (κ1) is 17.5. The number of hydrogen-bond acceptors (Lipinski definition) is 7. The third-order valence-corrected chi connectivity index (χ3v) is 7.62. The summed E-state index contributed by atoms with van der Waals surface area (Å²) >= 11 is 5.19. The quantitative estimate of drug-likeness (QED) is 0.366. The molecule has 0 amide bonds. The summed E-state index contributed by atoms with van der Waals surface area (Å²) in [6.45, 7) is 2.08. The monoisotopic (exact) mass is 413 g/mol. The summed E-state index contributed by atoms with van der Waals surface area (Å²) in [5.74, 6) is 0.875. The Hall–Kier alpha value is -1.61. The van der Waals surface area contributed by atoms with E-state index in [1.54, 1.807) is 23.5 Å².